The number of aromatic hydroxyl groups is 1. The molecular weight excluding hydrogens is 228 g/mol. The number of rotatable bonds is 2. The van der Waals surface area contributed by atoms with Gasteiger partial charge in [-0.3, -0.25) is 4.79 Å². The van der Waals surface area contributed by atoms with E-state index in [0.29, 0.717) is 0 Å². The number of carboxylic acids is 1. The van der Waals surface area contributed by atoms with E-state index < -0.39 is 11.9 Å². The van der Waals surface area contributed by atoms with Gasteiger partial charge in [0.1, 0.15) is 5.75 Å². The molecule has 3 heteroatoms. The minimum Gasteiger partial charge on any atom is -0.507 e. The topological polar surface area (TPSA) is 57.5 Å². The van der Waals surface area contributed by atoms with Gasteiger partial charge in [-0.05, 0) is 48.4 Å². The van der Waals surface area contributed by atoms with Crippen LogP contribution in [0.2, 0.25) is 0 Å². The highest BCUT2D eigenvalue weighted by molar-refractivity contribution is 5.77. The van der Waals surface area contributed by atoms with Gasteiger partial charge in [-0.2, -0.15) is 0 Å². The maximum absolute atomic E-state index is 11.1. The van der Waals surface area contributed by atoms with Crippen molar-refractivity contribution in [1.82, 2.24) is 0 Å². The van der Waals surface area contributed by atoms with Gasteiger partial charge < -0.3 is 10.2 Å². The molecule has 0 aliphatic rings. The minimum atomic E-state index is -0.844. The SMILES string of the molecule is Cc1c(C(C)C(=O)O)cc(C(C)(C)C)c(O)c1C. The van der Waals surface area contributed by atoms with Crippen molar-refractivity contribution in [2.45, 2.75) is 52.9 Å². The summed E-state index contributed by atoms with van der Waals surface area (Å²) in [6.45, 7) is 11.4. The summed E-state index contributed by atoms with van der Waals surface area (Å²) in [6, 6.07) is 1.83. The molecule has 18 heavy (non-hydrogen) atoms. The van der Waals surface area contributed by atoms with E-state index in [-0.39, 0.29) is 11.2 Å². The second-order valence-corrected chi connectivity index (χ2v) is 5.92. The summed E-state index contributed by atoms with van der Waals surface area (Å²) in [5.74, 6) is -1.13. The van der Waals surface area contributed by atoms with Crippen molar-refractivity contribution in [3.05, 3.63) is 28.3 Å². The molecule has 1 unspecified atom stereocenters. The summed E-state index contributed by atoms with van der Waals surface area (Å²) >= 11 is 0. The van der Waals surface area contributed by atoms with Crippen LogP contribution in [0.3, 0.4) is 0 Å². The lowest BCUT2D eigenvalue weighted by atomic mass is 9.80. The molecule has 0 aliphatic heterocycles. The van der Waals surface area contributed by atoms with Crippen molar-refractivity contribution in [3.8, 4) is 5.75 Å². The quantitative estimate of drug-likeness (QED) is 0.844. The van der Waals surface area contributed by atoms with Gasteiger partial charge in [-0.1, -0.05) is 26.8 Å². The fourth-order valence-corrected chi connectivity index (χ4v) is 2.08. The van der Waals surface area contributed by atoms with Crippen molar-refractivity contribution in [2.75, 3.05) is 0 Å². The second-order valence-electron chi connectivity index (χ2n) is 5.92. The Hall–Kier alpha value is -1.51. The zero-order chi connectivity index (χ0) is 14.2. The molecule has 2 N–H and O–H groups in total. The van der Waals surface area contributed by atoms with Gasteiger partial charge in [-0.15, -0.1) is 0 Å². The molecule has 1 aromatic rings. The summed E-state index contributed by atoms with van der Waals surface area (Å²) < 4.78 is 0. The van der Waals surface area contributed by atoms with E-state index in [1.807, 2.05) is 40.7 Å². The predicted octanol–water partition coefficient (Wildman–Crippen LogP) is 3.49. The Balaban J connectivity index is 3.56. The number of hydrogen-bond acceptors (Lipinski definition) is 2. The third-order valence-electron chi connectivity index (χ3n) is 3.55. The van der Waals surface area contributed by atoms with Gasteiger partial charge >= 0.3 is 5.97 Å². The Morgan fingerprint density at radius 3 is 2.11 bits per heavy atom. The Morgan fingerprint density at radius 1 is 1.22 bits per heavy atom. The van der Waals surface area contributed by atoms with E-state index >= 15 is 0 Å². The van der Waals surface area contributed by atoms with Gasteiger partial charge in [0.05, 0.1) is 5.92 Å². The molecule has 0 bridgehead atoms. The van der Waals surface area contributed by atoms with E-state index in [1.54, 1.807) is 6.92 Å². The average molecular weight is 250 g/mol. The zero-order valence-electron chi connectivity index (χ0n) is 12.0. The van der Waals surface area contributed by atoms with Gasteiger partial charge in [0.15, 0.2) is 0 Å². The zero-order valence-corrected chi connectivity index (χ0v) is 12.0. The third-order valence-corrected chi connectivity index (χ3v) is 3.55. The van der Waals surface area contributed by atoms with Crippen LogP contribution < -0.4 is 0 Å². The number of hydrogen-bond donors (Lipinski definition) is 2. The smallest absolute Gasteiger partial charge is 0.310 e. The number of phenols is 1. The lowest BCUT2D eigenvalue weighted by Gasteiger charge is -2.25. The monoisotopic (exact) mass is 250 g/mol. The average Bonchev–Trinajstić information content (AvgIpc) is 2.23. The fourth-order valence-electron chi connectivity index (χ4n) is 2.08. The Bertz CT molecular complexity index is 481. The number of carbonyl (C=O) groups is 1. The lowest BCUT2D eigenvalue weighted by molar-refractivity contribution is -0.138. The summed E-state index contributed by atoms with van der Waals surface area (Å²) in [7, 11) is 0. The van der Waals surface area contributed by atoms with Gasteiger partial charge in [-0.25, -0.2) is 0 Å². The maximum Gasteiger partial charge on any atom is 0.310 e. The number of benzene rings is 1. The van der Waals surface area contributed by atoms with E-state index in [4.69, 9.17) is 5.11 Å². The number of aliphatic carboxylic acids is 1. The summed E-state index contributed by atoms with van der Waals surface area (Å²) in [5, 5.41) is 19.4. The first-order chi connectivity index (χ1) is 8.07. The second kappa shape index (κ2) is 4.63. The van der Waals surface area contributed by atoms with E-state index in [1.165, 1.54) is 0 Å². The third kappa shape index (κ3) is 2.50. The molecule has 0 heterocycles. The Labute approximate surface area is 108 Å². The maximum atomic E-state index is 11.1. The predicted molar refractivity (Wildman–Crippen MR) is 72.3 cm³/mol. The fraction of sp³-hybridized carbons (Fsp3) is 0.533. The van der Waals surface area contributed by atoms with Crippen LogP contribution in [0.1, 0.15) is 55.9 Å². The van der Waals surface area contributed by atoms with Crippen molar-refractivity contribution in [3.63, 3.8) is 0 Å². The van der Waals surface area contributed by atoms with Crippen LogP contribution in [-0.4, -0.2) is 16.2 Å². The molecule has 0 spiro atoms. The first-order valence-corrected chi connectivity index (χ1v) is 6.13. The molecule has 0 aliphatic carbocycles. The van der Waals surface area contributed by atoms with Crippen LogP contribution in [0, 0.1) is 13.8 Å². The van der Waals surface area contributed by atoms with E-state index in [9.17, 15) is 9.90 Å². The van der Waals surface area contributed by atoms with E-state index in [0.717, 1.165) is 22.3 Å². The number of carboxylic acid groups (broad SMARTS) is 1. The molecule has 1 atom stereocenters. The van der Waals surface area contributed by atoms with Crippen molar-refractivity contribution < 1.29 is 15.0 Å². The summed E-state index contributed by atoms with van der Waals surface area (Å²) in [5.41, 5.74) is 2.99. The van der Waals surface area contributed by atoms with Gasteiger partial charge in [0.2, 0.25) is 0 Å². The molecule has 0 radical (unpaired) electrons. The number of phenolic OH excluding ortho intramolecular Hbond substituents is 1. The first kappa shape index (κ1) is 14.6. The molecule has 0 fully saturated rings. The lowest BCUT2D eigenvalue weighted by Crippen LogP contribution is -2.16. The first-order valence-electron chi connectivity index (χ1n) is 6.13. The highest BCUT2D eigenvalue weighted by Crippen LogP contribution is 2.38. The molecule has 0 saturated carbocycles. The van der Waals surface area contributed by atoms with Gasteiger partial charge in [0.25, 0.3) is 0 Å². The summed E-state index contributed by atoms with van der Waals surface area (Å²) in [4.78, 5) is 11.1. The largest absolute Gasteiger partial charge is 0.507 e. The molecule has 0 aromatic heterocycles. The van der Waals surface area contributed by atoms with Crippen molar-refractivity contribution in [1.29, 1.82) is 0 Å². The Kier molecular flexibility index (Phi) is 3.75. The van der Waals surface area contributed by atoms with Crippen LogP contribution in [0.4, 0.5) is 0 Å². The molecule has 1 aromatic carbocycles. The van der Waals surface area contributed by atoms with Crippen LogP contribution in [0.25, 0.3) is 0 Å². The minimum absolute atomic E-state index is 0.213. The van der Waals surface area contributed by atoms with Crippen molar-refractivity contribution in [2.24, 2.45) is 0 Å². The van der Waals surface area contributed by atoms with Crippen LogP contribution in [0.15, 0.2) is 6.07 Å². The molecule has 3 nitrogen and oxygen atoms in total. The standard InChI is InChI=1S/C15H22O3/c1-8-9(2)13(16)12(15(4,5)6)7-11(8)10(3)14(17)18/h7,10,16H,1-6H3,(H,17,18). The van der Waals surface area contributed by atoms with Gasteiger partial charge in [0, 0.05) is 0 Å². The highest BCUT2D eigenvalue weighted by Gasteiger charge is 2.25. The molecular formula is C15H22O3. The van der Waals surface area contributed by atoms with Crippen molar-refractivity contribution >= 4 is 5.97 Å². The Morgan fingerprint density at radius 2 is 1.72 bits per heavy atom. The molecule has 0 amide bonds. The summed E-state index contributed by atoms with van der Waals surface area (Å²) in [6.07, 6.45) is 0. The molecule has 100 valence electrons. The van der Waals surface area contributed by atoms with Crippen LogP contribution in [-0.2, 0) is 10.2 Å². The highest BCUT2D eigenvalue weighted by atomic mass is 16.4. The molecule has 1 rings (SSSR count). The normalized spacial score (nSPS) is 13.4. The van der Waals surface area contributed by atoms with Crippen LogP contribution in [0.5, 0.6) is 5.75 Å². The van der Waals surface area contributed by atoms with Crippen LogP contribution >= 0.6 is 0 Å². The molecule has 0 saturated heterocycles. The van der Waals surface area contributed by atoms with E-state index in [2.05, 4.69) is 0 Å².